The Bertz CT molecular complexity index is 1060. The predicted octanol–water partition coefficient (Wildman–Crippen LogP) is 3.49. The molecule has 7 heteroatoms. The number of morpholine rings is 1. The van der Waals surface area contributed by atoms with Crippen LogP contribution >= 0.6 is 12.2 Å². The molecule has 2 aliphatic rings. The monoisotopic (exact) mass is 447 g/mol. The number of hydrogen-bond acceptors (Lipinski definition) is 4. The van der Waals surface area contributed by atoms with Crippen LogP contribution in [0.2, 0.25) is 0 Å². The Morgan fingerprint density at radius 2 is 1.84 bits per heavy atom. The standard InChI is InChI=1S/C25H29N5OS/c1-19-7-2-3-9-21(19)29-12-6-10-22(29)24-23(20-8-4-5-11-26-20)27-25(32)30(24)14-13-28-15-17-31-18-16-28/h2-12,23-24H,13-18H2,1H3,(H,27,32)/t23-,24+/m0/s1. The van der Waals surface area contributed by atoms with Gasteiger partial charge in [-0.2, -0.15) is 0 Å². The fourth-order valence-corrected chi connectivity index (χ4v) is 5.06. The van der Waals surface area contributed by atoms with Crippen molar-refractivity contribution in [2.45, 2.75) is 19.0 Å². The summed E-state index contributed by atoms with van der Waals surface area (Å²) in [5, 5.41) is 4.37. The maximum atomic E-state index is 5.86. The molecule has 0 spiro atoms. The average Bonchev–Trinajstić information content (AvgIpc) is 3.43. The number of hydrogen-bond donors (Lipinski definition) is 1. The SMILES string of the molecule is Cc1ccccc1-n1cccc1[C@@H]1[C@H](c2ccccn2)NC(=S)N1CCN1CCOCC1. The molecule has 2 saturated heterocycles. The summed E-state index contributed by atoms with van der Waals surface area (Å²) >= 11 is 5.86. The predicted molar refractivity (Wildman–Crippen MR) is 130 cm³/mol. The van der Waals surface area contributed by atoms with E-state index in [2.05, 4.69) is 80.3 Å². The molecule has 4 heterocycles. The van der Waals surface area contributed by atoms with Crippen LogP contribution in [0.5, 0.6) is 0 Å². The van der Waals surface area contributed by atoms with Crippen LogP contribution in [0.15, 0.2) is 67.0 Å². The first-order chi connectivity index (χ1) is 15.7. The van der Waals surface area contributed by atoms with Gasteiger partial charge in [0.25, 0.3) is 0 Å². The van der Waals surface area contributed by atoms with E-state index in [1.54, 1.807) is 0 Å². The first-order valence-electron chi connectivity index (χ1n) is 11.2. The van der Waals surface area contributed by atoms with E-state index < -0.39 is 0 Å². The van der Waals surface area contributed by atoms with E-state index in [4.69, 9.17) is 17.0 Å². The van der Waals surface area contributed by atoms with Crippen molar-refractivity contribution in [3.63, 3.8) is 0 Å². The highest BCUT2D eigenvalue weighted by Crippen LogP contribution is 2.39. The number of benzene rings is 1. The van der Waals surface area contributed by atoms with E-state index in [9.17, 15) is 0 Å². The Hall–Kier alpha value is -2.74. The minimum atomic E-state index is -0.00828. The molecule has 0 saturated carbocycles. The Morgan fingerprint density at radius 1 is 1.03 bits per heavy atom. The first-order valence-corrected chi connectivity index (χ1v) is 11.6. The van der Waals surface area contributed by atoms with Gasteiger partial charge >= 0.3 is 0 Å². The largest absolute Gasteiger partial charge is 0.379 e. The van der Waals surface area contributed by atoms with E-state index in [-0.39, 0.29) is 12.1 Å². The summed E-state index contributed by atoms with van der Waals surface area (Å²) in [6.07, 6.45) is 4.00. The van der Waals surface area contributed by atoms with Gasteiger partial charge in [-0.3, -0.25) is 9.88 Å². The molecular formula is C25H29N5OS. The lowest BCUT2D eigenvalue weighted by atomic mass is 10.0. The zero-order valence-corrected chi connectivity index (χ0v) is 19.2. The molecule has 32 heavy (non-hydrogen) atoms. The van der Waals surface area contributed by atoms with Crippen LogP contribution in [0.4, 0.5) is 0 Å². The van der Waals surface area contributed by atoms with E-state index in [0.717, 1.165) is 50.2 Å². The van der Waals surface area contributed by atoms with Crippen molar-refractivity contribution in [1.29, 1.82) is 0 Å². The van der Waals surface area contributed by atoms with E-state index >= 15 is 0 Å². The van der Waals surface area contributed by atoms with Crippen molar-refractivity contribution in [2.24, 2.45) is 0 Å². The second-order valence-electron chi connectivity index (χ2n) is 8.36. The topological polar surface area (TPSA) is 45.6 Å². The maximum absolute atomic E-state index is 5.86. The minimum Gasteiger partial charge on any atom is -0.379 e. The number of thiocarbonyl (C=S) groups is 1. The van der Waals surface area contributed by atoms with Crippen molar-refractivity contribution in [1.82, 2.24) is 24.7 Å². The molecule has 0 unspecified atom stereocenters. The lowest BCUT2D eigenvalue weighted by Crippen LogP contribution is -2.42. The summed E-state index contributed by atoms with van der Waals surface area (Å²) in [7, 11) is 0. The molecule has 166 valence electrons. The van der Waals surface area contributed by atoms with Gasteiger partial charge in [-0.25, -0.2) is 0 Å². The summed E-state index contributed by atoms with van der Waals surface area (Å²) < 4.78 is 7.82. The molecule has 2 atom stereocenters. The van der Waals surface area contributed by atoms with Gasteiger partial charge in [-0.15, -0.1) is 0 Å². The summed E-state index contributed by atoms with van der Waals surface area (Å²) in [6, 6.07) is 19.0. The highest BCUT2D eigenvalue weighted by molar-refractivity contribution is 7.80. The van der Waals surface area contributed by atoms with Crippen molar-refractivity contribution in [2.75, 3.05) is 39.4 Å². The maximum Gasteiger partial charge on any atom is 0.170 e. The Kier molecular flexibility index (Phi) is 6.21. The molecule has 2 aliphatic heterocycles. The number of rotatable bonds is 6. The average molecular weight is 448 g/mol. The van der Waals surface area contributed by atoms with E-state index in [1.165, 1.54) is 16.9 Å². The van der Waals surface area contributed by atoms with Crippen molar-refractivity contribution < 1.29 is 4.74 Å². The van der Waals surface area contributed by atoms with Gasteiger partial charge in [-0.05, 0) is 55.0 Å². The Morgan fingerprint density at radius 3 is 2.62 bits per heavy atom. The number of para-hydroxylation sites is 1. The van der Waals surface area contributed by atoms with Crippen molar-refractivity contribution in [3.05, 3.63) is 83.9 Å². The number of nitrogens with one attached hydrogen (secondary N) is 1. The van der Waals surface area contributed by atoms with Crippen LogP contribution in [0.3, 0.4) is 0 Å². The van der Waals surface area contributed by atoms with Gasteiger partial charge in [0.1, 0.15) is 0 Å². The molecule has 2 fully saturated rings. The highest BCUT2D eigenvalue weighted by atomic mass is 32.1. The molecule has 0 radical (unpaired) electrons. The molecule has 2 aromatic heterocycles. The van der Waals surface area contributed by atoms with Gasteiger partial charge in [0, 0.05) is 50.0 Å². The van der Waals surface area contributed by atoms with E-state index in [0.29, 0.717) is 0 Å². The van der Waals surface area contributed by atoms with Gasteiger partial charge < -0.3 is 19.5 Å². The summed E-state index contributed by atoms with van der Waals surface area (Å²) in [6.45, 7) is 7.53. The first kappa shape index (κ1) is 21.1. The summed E-state index contributed by atoms with van der Waals surface area (Å²) in [4.78, 5) is 9.47. The third-order valence-electron chi connectivity index (χ3n) is 6.42. The summed E-state index contributed by atoms with van der Waals surface area (Å²) in [5.74, 6) is 0. The number of aryl methyl sites for hydroxylation is 1. The highest BCUT2D eigenvalue weighted by Gasteiger charge is 2.41. The molecule has 6 nitrogen and oxygen atoms in total. The van der Waals surface area contributed by atoms with Gasteiger partial charge in [0.2, 0.25) is 0 Å². The second kappa shape index (κ2) is 9.40. The normalized spacial score (nSPS) is 21.7. The smallest absolute Gasteiger partial charge is 0.170 e. The molecule has 3 aromatic rings. The molecule has 1 N–H and O–H groups in total. The number of ether oxygens (including phenoxy) is 1. The van der Waals surface area contributed by atoms with Crippen molar-refractivity contribution in [3.8, 4) is 5.69 Å². The van der Waals surface area contributed by atoms with Crippen LogP contribution in [-0.2, 0) is 4.74 Å². The Balaban J connectivity index is 1.51. The molecule has 0 bridgehead atoms. The van der Waals surface area contributed by atoms with E-state index in [1.807, 2.05) is 18.3 Å². The number of aromatic nitrogens is 2. The second-order valence-corrected chi connectivity index (χ2v) is 8.75. The quantitative estimate of drug-likeness (QED) is 0.584. The molecule has 0 aliphatic carbocycles. The van der Waals surface area contributed by atoms with Crippen LogP contribution in [0.25, 0.3) is 5.69 Å². The lowest BCUT2D eigenvalue weighted by Gasteiger charge is -2.32. The number of pyridine rings is 1. The van der Waals surface area contributed by atoms with Gasteiger partial charge in [0.05, 0.1) is 31.0 Å². The van der Waals surface area contributed by atoms with Crippen molar-refractivity contribution >= 4 is 17.3 Å². The fourth-order valence-electron chi connectivity index (χ4n) is 4.73. The van der Waals surface area contributed by atoms with Crippen LogP contribution in [0.1, 0.15) is 29.0 Å². The van der Waals surface area contributed by atoms with Crippen LogP contribution < -0.4 is 5.32 Å². The third-order valence-corrected chi connectivity index (χ3v) is 6.77. The van der Waals surface area contributed by atoms with Crippen LogP contribution in [0, 0.1) is 6.92 Å². The number of nitrogens with zero attached hydrogens (tertiary/aromatic N) is 4. The molecule has 5 rings (SSSR count). The lowest BCUT2D eigenvalue weighted by molar-refractivity contribution is 0.0349. The zero-order valence-electron chi connectivity index (χ0n) is 18.4. The van der Waals surface area contributed by atoms with Gasteiger partial charge in [-0.1, -0.05) is 24.3 Å². The Labute approximate surface area is 194 Å². The molecular weight excluding hydrogens is 418 g/mol. The fraction of sp³-hybridized carbons (Fsp3) is 0.360. The minimum absolute atomic E-state index is 0.00828. The molecule has 1 aromatic carbocycles. The zero-order chi connectivity index (χ0) is 21.9. The molecule has 0 amide bonds. The third kappa shape index (κ3) is 4.16. The summed E-state index contributed by atoms with van der Waals surface area (Å²) in [5.41, 5.74) is 4.65. The van der Waals surface area contributed by atoms with Gasteiger partial charge in [0.15, 0.2) is 5.11 Å². The van der Waals surface area contributed by atoms with Crippen LogP contribution in [-0.4, -0.2) is 63.9 Å².